The lowest BCUT2D eigenvalue weighted by Crippen LogP contribution is -1.96. The number of fused-ring (bicyclic) bond motifs is 1. The molecule has 0 amide bonds. The zero-order valence-corrected chi connectivity index (χ0v) is 12.3. The highest BCUT2D eigenvalue weighted by Crippen LogP contribution is 2.30. The Morgan fingerprint density at radius 1 is 1.26 bits per heavy atom. The largest absolute Gasteiger partial charge is 0.234 e. The highest BCUT2D eigenvalue weighted by Gasteiger charge is 2.13. The Morgan fingerprint density at radius 2 is 2.11 bits per heavy atom. The van der Waals surface area contributed by atoms with Gasteiger partial charge < -0.3 is 0 Å². The first-order chi connectivity index (χ1) is 9.29. The Labute approximate surface area is 120 Å². The summed E-state index contributed by atoms with van der Waals surface area (Å²) in [6.07, 6.45) is 3.17. The highest BCUT2D eigenvalue weighted by molar-refractivity contribution is 7.80. The fourth-order valence-corrected chi connectivity index (χ4v) is 3.15. The molecule has 0 N–H and O–H groups in total. The van der Waals surface area contributed by atoms with Crippen LogP contribution in [-0.2, 0) is 6.42 Å². The molecule has 0 aliphatic carbocycles. The molecule has 2 heterocycles. The monoisotopic (exact) mass is 290 g/mol. The maximum absolute atomic E-state index is 4.62. The predicted molar refractivity (Wildman–Crippen MR) is 80.0 cm³/mol. The SMILES string of the molecule is CCCCc1nnc2sc(-c3ccccc3S)nn12. The van der Waals surface area contributed by atoms with Gasteiger partial charge in [0.2, 0.25) is 4.96 Å². The Balaban J connectivity index is 2.03. The van der Waals surface area contributed by atoms with Gasteiger partial charge in [-0.2, -0.15) is 9.61 Å². The van der Waals surface area contributed by atoms with Crippen molar-refractivity contribution in [2.75, 3.05) is 0 Å². The molecule has 6 heteroatoms. The van der Waals surface area contributed by atoms with Crippen molar-refractivity contribution in [2.24, 2.45) is 0 Å². The van der Waals surface area contributed by atoms with Crippen LogP contribution in [0.2, 0.25) is 0 Å². The summed E-state index contributed by atoms with van der Waals surface area (Å²) in [7, 11) is 0. The summed E-state index contributed by atoms with van der Waals surface area (Å²) in [6.45, 7) is 2.17. The summed E-state index contributed by atoms with van der Waals surface area (Å²) in [5, 5.41) is 13.9. The van der Waals surface area contributed by atoms with Gasteiger partial charge in [0, 0.05) is 16.9 Å². The molecule has 0 radical (unpaired) electrons. The maximum Gasteiger partial charge on any atom is 0.234 e. The second-order valence-corrected chi connectivity index (χ2v) is 5.78. The summed E-state index contributed by atoms with van der Waals surface area (Å²) in [4.78, 5) is 1.78. The molecule has 0 atom stereocenters. The van der Waals surface area contributed by atoms with Crippen LogP contribution in [0.4, 0.5) is 0 Å². The standard InChI is InChI=1S/C13H14N4S2/c1-2-3-8-11-14-15-13-17(11)16-12(19-13)9-6-4-5-7-10(9)18/h4-7,18H,2-3,8H2,1H3. The van der Waals surface area contributed by atoms with Gasteiger partial charge in [-0.1, -0.05) is 42.9 Å². The molecular formula is C13H14N4S2. The number of aryl methyl sites for hydroxylation is 1. The average Bonchev–Trinajstić information content (AvgIpc) is 2.97. The lowest BCUT2D eigenvalue weighted by Gasteiger charge is -1.99. The molecule has 0 unspecified atom stereocenters. The van der Waals surface area contributed by atoms with Crippen LogP contribution < -0.4 is 0 Å². The van der Waals surface area contributed by atoms with Crippen molar-refractivity contribution < 1.29 is 0 Å². The third kappa shape index (κ3) is 2.37. The van der Waals surface area contributed by atoms with Crippen molar-refractivity contribution in [1.82, 2.24) is 19.8 Å². The fourth-order valence-electron chi connectivity index (χ4n) is 1.91. The second-order valence-electron chi connectivity index (χ2n) is 4.34. The van der Waals surface area contributed by atoms with Crippen LogP contribution in [0.1, 0.15) is 25.6 Å². The van der Waals surface area contributed by atoms with Crippen LogP contribution in [-0.4, -0.2) is 19.8 Å². The Kier molecular flexibility index (Phi) is 3.52. The number of thiol groups is 1. The Hall–Kier alpha value is -1.40. The van der Waals surface area contributed by atoms with Gasteiger partial charge in [-0.15, -0.1) is 22.8 Å². The molecule has 0 saturated heterocycles. The maximum atomic E-state index is 4.62. The molecule has 0 saturated carbocycles. The number of benzene rings is 1. The molecular weight excluding hydrogens is 276 g/mol. The van der Waals surface area contributed by atoms with Crippen LogP contribution >= 0.6 is 24.0 Å². The Bertz CT molecular complexity index is 702. The quantitative estimate of drug-likeness (QED) is 0.748. The molecule has 0 aliphatic heterocycles. The highest BCUT2D eigenvalue weighted by atomic mass is 32.1. The number of unbranched alkanes of at least 4 members (excludes halogenated alkanes) is 1. The minimum atomic E-state index is 0.845. The summed E-state index contributed by atoms with van der Waals surface area (Å²) in [5.74, 6) is 0.941. The molecule has 2 aromatic heterocycles. The normalized spacial score (nSPS) is 11.3. The van der Waals surface area contributed by atoms with E-state index in [1.165, 1.54) is 0 Å². The first kappa shape index (κ1) is 12.6. The van der Waals surface area contributed by atoms with E-state index in [1.807, 2.05) is 28.8 Å². The number of aromatic nitrogens is 4. The fraction of sp³-hybridized carbons (Fsp3) is 0.308. The van der Waals surface area contributed by atoms with Gasteiger partial charge in [-0.05, 0) is 12.5 Å². The van der Waals surface area contributed by atoms with Crippen molar-refractivity contribution in [3.8, 4) is 10.6 Å². The molecule has 0 bridgehead atoms. The number of hydrogen-bond acceptors (Lipinski definition) is 5. The lowest BCUT2D eigenvalue weighted by molar-refractivity contribution is 0.723. The van der Waals surface area contributed by atoms with Gasteiger partial charge in [0.15, 0.2) is 5.82 Å². The van der Waals surface area contributed by atoms with E-state index in [9.17, 15) is 0 Å². The second kappa shape index (κ2) is 5.30. The van der Waals surface area contributed by atoms with Crippen molar-refractivity contribution in [3.05, 3.63) is 30.1 Å². The first-order valence-electron chi connectivity index (χ1n) is 6.29. The van der Waals surface area contributed by atoms with Crippen LogP contribution in [0.3, 0.4) is 0 Å². The average molecular weight is 290 g/mol. The van der Waals surface area contributed by atoms with E-state index in [0.717, 1.165) is 45.5 Å². The summed E-state index contributed by atoms with van der Waals surface area (Å²) < 4.78 is 1.86. The van der Waals surface area contributed by atoms with Crippen molar-refractivity contribution in [2.45, 2.75) is 31.1 Å². The zero-order valence-electron chi connectivity index (χ0n) is 10.6. The Morgan fingerprint density at radius 3 is 2.89 bits per heavy atom. The van der Waals surface area contributed by atoms with Gasteiger partial charge in [-0.25, -0.2) is 0 Å². The van der Waals surface area contributed by atoms with E-state index < -0.39 is 0 Å². The molecule has 0 fully saturated rings. The molecule has 0 aliphatic rings. The molecule has 4 nitrogen and oxygen atoms in total. The number of hydrogen-bond donors (Lipinski definition) is 1. The van der Waals surface area contributed by atoms with E-state index in [0.29, 0.717) is 0 Å². The van der Waals surface area contributed by atoms with E-state index in [1.54, 1.807) is 11.3 Å². The van der Waals surface area contributed by atoms with Crippen LogP contribution in [0, 0.1) is 0 Å². The smallest absolute Gasteiger partial charge is 0.187 e. The van der Waals surface area contributed by atoms with Gasteiger partial charge in [0.1, 0.15) is 5.01 Å². The minimum absolute atomic E-state index is 0.845. The third-order valence-electron chi connectivity index (χ3n) is 2.94. The van der Waals surface area contributed by atoms with Gasteiger partial charge in [0.05, 0.1) is 0 Å². The van der Waals surface area contributed by atoms with Crippen molar-refractivity contribution in [3.63, 3.8) is 0 Å². The topological polar surface area (TPSA) is 43.1 Å². The van der Waals surface area contributed by atoms with Crippen LogP contribution in [0.5, 0.6) is 0 Å². The van der Waals surface area contributed by atoms with Gasteiger partial charge in [0.25, 0.3) is 0 Å². The summed E-state index contributed by atoms with van der Waals surface area (Å²) in [6, 6.07) is 7.97. The summed E-state index contributed by atoms with van der Waals surface area (Å²) >= 11 is 6.02. The lowest BCUT2D eigenvalue weighted by atomic mass is 10.2. The van der Waals surface area contributed by atoms with E-state index >= 15 is 0 Å². The van der Waals surface area contributed by atoms with E-state index in [2.05, 4.69) is 34.8 Å². The third-order valence-corrected chi connectivity index (χ3v) is 4.27. The molecule has 98 valence electrons. The number of rotatable bonds is 4. The van der Waals surface area contributed by atoms with E-state index in [-0.39, 0.29) is 0 Å². The molecule has 19 heavy (non-hydrogen) atoms. The van der Waals surface area contributed by atoms with Crippen LogP contribution in [0.25, 0.3) is 15.5 Å². The molecule has 0 spiro atoms. The molecule has 3 rings (SSSR count). The van der Waals surface area contributed by atoms with E-state index in [4.69, 9.17) is 0 Å². The van der Waals surface area contributed by atoms with Crippen LogP contribution in [0.15, 0.2) is 29.2 Å². The molecule has 3 aromatic rings. The molecule has 1 aromatic carbocycles. The minimum Gasteiger partial charge on any atom is -0.187 e. The van der Waals surface area contributed by atoms with Crippen molar-refractivity contribution in [1.29, 1.82) is 0 Å². The summed E-state index contributed by atoms with van der Waals surface area (Å²) in [5.41, 5.74) is 1.04. The van der Waals surface area contributed by atoms with Crippen molar-refractivity contribution >= 4 is 28.9 Å². The zero-order chi connectivity index (χ0) is 13.2. The van der Waals surface area contributed by atoms with Gasteiger partial charge >= 0.3 is 0 Å². The predicted octanol–water partition coefficient (Wildman–Crippen LogP) is 3.48. The number of nitrogens with zero attached hydrogens (tertiary/aromatic N) is 4. The van der Waals surface area contributed by atoms with Gasteiger partial charge in [-0.3, -0.25) is 0 Å². The first-order valence-corrected chi connectivity index (χ1v) is 7.55.